The number of amidine groups is 1. The van der Waals surface area contributed by atoms with Gasteiger partial charge in [-0.2, -0.15) is 0 Å². The minimum Gasteiger partial charge on any atom is -0.372 e. The van der Waals surface area contributed by atoms with Gasteiger partial charge in [0.15, 0.2) is 0 Å². The van der Waals surface area contributed by atoms with E-state index in [-0.39, 0.29) is 0 Å². The largest absolute Gasteiger partial charge is 0.372 e. The fourth-order valence-corrected chi connectivity index (χ4v) is 2.11. The van der Waals surface area contributed by atoms with Crippen molar-refractivity contribution in [3.05, 3.63) is 0 Å². The van der Waals surface area contributed by atoms with Crippen molar-refractivity contribution in [2.75, 3.05) is 33.5 Å². The molecule has 0 bridgehead atoms. The third-order valence-electron chi connectivity index (χ3n) is 1.92. The number of hydrogen-bond acceptors (Lipinski definition) is 5. The first-order valence-corrected chi connectivity index (χ1v) is 5.91. The van der Waals surface area contributed by atoms with E-state index in [4.69, 9.17) is 9.05 Å². The molecule has 0 aromatic heterocycles. The van der Waals surface area contributed by atoms with E-state index in [0.717, 1.165) is 18.9 Å². The van der Waals surface area contributed by atoms with Crippen LogP contribution >= 0.6 is 7.60 Å². The van der Waals surface area contributed by atoms with Crippen LogP contribution in [0.25, 0.3) is 0 Å². The first-order chi connectivity index (χ1) is 6.20. The van der Waals surface area contributed by atoms with Gasteiger partial charge in [0.2, 0.25) is 0 Å². The molecular weight excluding hydrogens is 191 g/mol. The molecule has 1 aliphatic heterocycles. The van der Waals surface area contributed by atoms with Crippen molar-refractivity contribution in [2.45, 2.75) is 6.42 Å². The van der Waals surface area contributed by atoms with E-state index >= 15 is 0 Å². The van der Waals surface area contributed by atoms with Crippen LogP contribution in [0.1, 0.15) is 6.42 Å². The Morgan fingerprint density at radius 3 is 2.69 bits per heavy atom. The highest BCUT2D eigenvalue weighted by atomic mass is 31.2. The second kappa shape index (κ2) is 4.74. The van der Waals surface area contributed by atoms with Gasteiger partial charge in [-0.15, -0.1) is 0 Å². The zero-order valence-corrected chi connectivity index (χ0v) is 8.84. The topological polar surface area (TPSA) is 59.9 Å². The number of nitrogens with one attached hydrogen (secondary N) is 1. The molecule has 0 radical (unpaired) electrons. The van der Waals surface area contributed by atoms with Crippen molar-refractivity contribution in [3.8, 4) is 0 Å². The van der Waals surface area contributed by atoms with E-state index in [2.05, 4.69) is 10.3 Å². The van der Waals surface area contributed by atoms with Gasteiger partial charge in [-0.25, -0.2) is 0 Å². The standard InChI is InChI=1S/C7H15N2O3P/c1-11-13(10,12-2)6-3-7-8-4-5-9-7/h3-6H2,1-2H3,(H,8,9). The lowest BCUT2D eigenvalue weighted by Gasteiger charge is -2.12. The molecule has 1 aliphatic rings. The summed E-state index contributed by atoms with van der Waals surface area (Å²) >= 11 is 0. The molecule has 5 nitrogen and oxygen atoms in total. The third kappa shape index (κ3) is 3.10. The summed E-state index contributed by atoms with van der Waals surface area (Å²) in [6.45, 7) is 1.68. The maximum Gasteiger partial charge on any atom is 0.330 e. The minimum absolute atomic E-state index is 0.381. The van der Waals surface area contributed by atoms with Crippen molar-refractivity contribution in [3.63, 3.8) is 0 Å². The highest BCUT2D eigenvalue weighted by molar-refractivity contribution is 7.53. The number of nitrogens with zero attached hydrogens (tertiary/aromatic N) is 1. The zero-order chi connectivity index (χ0) is 9.73. The van der Waals surface area contributed by atoms with Gasteiger partial charge in [0.05, 0.1) is 18.5 Å². The summed E-state index contributed by atoms with van der Waals surface area (Å²) in [5, 5.41) is 3.10. The summed E-state index contributed by atoms with van der Waals surface area (Å²) < 4.78 is 21.2. The molecule has 0 aromatic rings. The predicted molar refractivity (Wildman–Crippen MR) is 51.4 cm³/mol. The molecule has 0 saturated carbocycles. The summed E-state index contributed by atoms with van der Waals surface area (Å²) in [5.41, 5.74) is 0. The van der Waals surface area contributed by atoms with Crippen LogP contribution in [-0.2, 0) is 13.6 Å². The quantitative estimate of drug-likeness (QED) is 0.678. The minimum atomic E-state index is -2.85. The zero-order valence-electron chi connectivity index (χ0n) is 7.95. The Morgan fingerprint density at radius 1 is 1.54 bits per heavy atom. The van der Waals surface area contributed by atoms with Crippen LogP contribution in [0, 0.1) is 0 Å². The molecule has 0 unspecified atom stereocenters. The maximum atomic E-state index is 11.6. The second-order valence-corrected chi connectivity index (χ2v) is 5.10. The molecule has 0 saturated heterocycles. The molecule has 76 valence electrons. The van der Waals surface area contributed by atoms with Crippen molar-refractivity contribution in [1.82, 2.24) is 5.32 Å². The molecular formula is C7H15N2O3P. The van der Waals surface area contributed by atoms with E-state index < -0.39 is 7.60 Å². The predicted octanol–water partition coefficient (Wildman–Crippen LogP) is 0.864. The van der Waals surface area contributed by atoms with Gasteiger partial charge < -0.3 is 14.4 Å². The molecule has 1 heterocycles. The summed E-state index contributed by atoms with van der Waals surface area (Å²) in [6.07, 6.45) is 1.00. The van der Waals surface area contributed by atoms with Gasteiger partial charge in [0.25, 0.3) is 0 Å². The van der Waals surface area contributed by atoms with Crippen molar-refractivity contribution in [1.29, 1.82) is 0 Å². The van der Waals surface area contributed by atoms with Crippen LogP contribution in [0.3, 0.4) is 0 Å². The lowest BCUT2D eigenvalue weighted by Crippen LogP contribution is -2.19. The Hall–Kier alpha value is -0.380. The van der Waals surface area contributed by atoms with Crippen LogP contribution in [0.4, 0.5) is 0 Å². The average molecular weight is 206 g/mol. The normalized spacial score (nSPS) is 16.9. The van der Waals surface area contributed by atoms with E-state index in [1.807, 2.05) is 0 Å². The molecule has 0 amide bonds. The Labute approximate surface area is 78.1 Å². The van der Waals surface area contributed by atoms with Crippen LogP contribution in [-0.4, -0.2) is 39.3 Å². The monoisotopic (exact) mass is 206 g/mol. The third-order valence-corrected chi connectivity index (χ3v) is 3.81. The molecule has 0 atom stereocenters. The maximum absolute atomic E-state index is 11.6. The van der Waals surface area contributed by atoms with Crippen LogP contribution < -0.4 is 5.32 Å². The van der Waals surface area contributed by atoms with Crippen LogP contribution in [0.15, 0.2) is 4.99 Å². The Morgan fingerprint density at radius 2 is 2.23 bits per heavy atom. The molecule has 0 spiro atoms. The lowest BCUT2D eigenvalue weighted by molar-refractivity contribution is 0.276. The Kier molecular flexibility index (Phi) is 3.90. The highest BCUT2D eigenvalue weighted by Gasteiger charge is 2.21. The van der Waals surface area contributed by atoms with Gasteiger partial charge in [-0.05, 0) is 0 Å². The summed E-state index contributed by atoms with van der Waals surface area (Å²) in [4.78, 5) is 4.18. The number of hydrogen-bond donors (Lipinski definition) is 1. The number of aliphatic imine (C=N–C) groups is 1. The second-order valence-electron chi connectivity index (χ2n) is 2.70. The summed E-state index contributed by atoms with van der Waals surface area (Å²) in [6, 6.07) is 0. The highest BCUT2D eigenvalue weighted by Crippen LogP contribution is 2.46. The SMILES string of the molecule is COP(=O)(CCC1=NCCN1)OC. The van der Waals surface area contributed by atoms with E-state index in [1.54, 1.807) is 0 Å². The van der Waals surface area contributed by atoms with Crippen LogP contribution in [0.2, 0.25) is 0 Å². The van der Waals surface area contributed by atoms with Gasteiger partial charge in [-0.3, -0.25) is 9.56 Å². The van der Waals surface area contributed by atoms with E-state index in [0.29, 0.717) is 12.6 Å². The first-order valence-electron chi connectivity index (χ1n) is 4.18. The fraction of sp³-hybridized carbons (Fsp3) is 0.857. The number of rotatable bonds is 5. The van der Waals surface area contributed by atoms with Crippen molar-refractivity contribution in [2.24, 2.45) is 4.99 Å². The Balaban J connectivity index is 2.35. The molecule has 1 N–H and O–H groups in total. The van der Waals surface area contributed by atoms with Gasteiger partial charge in [0.1, 0.15) is 0 Å². The van der Waals surface area contributed by atoms with E-state index in [1.165, 1.54) is 14.2 Å². The van der Waals surface area contributed by atoms with E-state index in [9.17, 15) is 4.57 Å². The molecule has 6 heteroatoms. The van der Waals surface area contributed by atoms with Gasteiger partial charge >= 0.3 is 7.60 Å². The molecule has 0 aromatic carbocycles. The van der Waals surface area contributed by atoms with Gasteiger partial charge in [-0.1, -0.05) is 0 Å². The smallest absolute Gasteiger partial charge is 0.330 e. The molecule has 13 heavy (non-hydrogen) atoms. The van der Waals surface area contributed by atoms with Gasteiger partial charge in [0, 0.05) is 27.2 Å². The first kappa shape index (κ1) is 10.7. The molecule has 0 aliphatic carbocycles. The fourth-order valence-electron chi connectivity index (χ4n) is 1.11. The van der Waals surface area contributed by atoms with Crippen molar-refractivity contribution < 1.29 is 13.6 Å². The van der Waals surface area contributed by atoms with Crippen molar-refractivity contribution >= 4 is 13.4 Å². The Bertz CT molecular complexity index is 234. The summed E-state index contributed by atoms with van der Waals surface area (Å²) in [5.74, 6) is 0.898. The average Bonchev–Trinajstić information content (AvgIpc) is 2.67. The lowest BCUT2D eigenvalue weighted by atomic mass is 10.4. The summed E-state index contributed by atoms with van der Waals surface area (Å²) in [7, 11) is -0.0605. The molecule has 0 fully saturated rings. The van der Waals surface area contributed by atoms with Crippen LogP contribution in [0.5, 0.6) is 0 Å². The molecule has 1 rings (SSSR count).